The number of hydrogen-bond donors (Lipinski definition) is 1. The Hall–Kier alpha value is -2.62. The van der Waals surface area contributed by atoms with Gasteiger partial charge in [-0.1, -0.05) is 71.7 Å². The standard InChI is InChI=1S/C26H34O4/c1-6-9-20-15-22(23(27)8-3)16-21(10-7-2)24(20)30-25(26(28)29)19-13-11-18(12-14-19)17(4)5/h11-17,25H,6-10H2,1-5H3,(H,28,29)/t25-/m1/s1. The Labute approximate surface area is 180 Å². The van der Waals surface area contributed by atoms with Crippen molar-refractivity contribution in [3.8, 4) is 5.75 Å². The van der Waals surface area contributed by atoms with Crippen molar-refractivity contribution in [1.82, 2.24) is 0 Å². The lowest BCUT2D eigenvalue weighted by atomic mass is 9.95. The Balaban J connectivity index is 2.52. The van der Waals surface area contributed by atoms with E-state index in [0.717, 1.165) is 42.4 Å². The third-order valence-corrected chi connectivity index (χ3v) is 5.29. The molecule has 0 unspecified atom stereocenters. The lowest BCUT2D eigenvalue weighted by Gasteiger charge is -2.22. The fraction of sp³-hybridized carbons (Fsp3) is 0.462. The number of benzene rings is 2. The van der Waals surface area contributed by atoms with Crippen molar-refractivity contribution < 1.29 is 19.4 Å². The van der Waals surface area contributed by atoms with E-state index in [9.17, 15) is 14.7 Å². The lowest BCUT2D eigenvalue weighted by Crippen LogP contribution is -2.20. The summed E-state index contributed by atoms with van der Waals surface area (Å²) < 4.78 is 6.19. The lowest BCUT2D eigenvalue weighted by molar-refractivity contribution is -0.145. The Morgan fingerprint density at radius 1 is 0.900 bits per heavy atom. The molecular formula is C26H34O4. The van der Waals surface area contributed by atoms with Crippen LogP contribution in [-0.2, 0) is 17.6 Å². The maximum Gasteiger partial charge on any atom is 0.349 e. The fourth-order valence-electron chi connectivity index (χ4n) is 3.62. The number of ketones is 1. The molecule has 4 nitrogen and oxygen atoms in total. The van der Waals surface area contributed by atoms with Gasteiger partial charge in [-0.15, -0.1) is 0 Å². The second kappa shape index (κ2) is 11.0. The van der Waals surface area contributed by atoms with Gasteiger partial charge in [-0.25, -0.2) is 4.79 Å². The molecule has 0 bridgehead atoms. The van der Waals surface area contributed by atoms with E-state index in [-0.39, 0.29) is 5.78 Å². The first-order chi connectivity index (χ1) is 14.3. The molecule has 0 fully saturated rings. The van der Waals surface area contributed by atoms with Crippen molar-refractivity contribution >= 4 is 11.8 Å². The van der Waals surface area contributed by atoms with Gasteiger partial charge >= 0.3 is 5.97 Å². The summed E-state index contributed by atoms with van der Waals surface area (Å²) >= 11 is 0. The number of rotatable bonds is 11. The highest BCUT2D eigenvalue weighted by Crippen LogP contribution is 2.33. The summed E-state index contributed by atoms with van der Waals surface area (Å²) in [5, 5.41) is 9.91. The van der Waals surface area contributed by atoms with E-state index < -0.39 is 12.1 Å². The van der Waals surface area contributed by atoms with E-state index in [1.807, 2.05) is 43.3 Å². The first-order valence-corrected chi connectivity index (χ1v) is 11.0. The Morgan fingerprint density at radius 3 is 1.80 bits per heavy atom. The summed E-state index contributed by atoms with van der Waals surface area (Å²) in [6.45, 7) is 10.2. The van der Waals surface area contributed by atoms with Crippen LogP contribution in [0.4, 0.5) is 0 Å². The van der Waals surface area contributed by atoms with Crippen molar-refractivity contribution in [2.24, 2.45) is 0 Å². The molecule has 0 saturated carbocycles. The predicted molar refractivity (Wildman–Crippen MR) is 121 cm³/mol. The summed E-state index contributed by atoms with van der Waals surface area (Å²) in [5.41, 5.74) is 4.27. The monoisotopic (exact) mass is 410 g/mol. The number of aliphatic carboxylic acids is 1. The van der Waals surface area contributed by atoms with Gasteiger partial charge in [0, 0.05) is 17.5 Å². The molecule has 0 aliphatic rings. The summed E-state index contributed by atoms with van der Waals surface area (Å²) in [4.78, 5) is 24.4. The number of carbonyl (C=O) groups excluding carboxylic acids is 1. The fourth-order valence-corrected chi connectivity index (χ4v) is 3.62. The minimum atomic E-state index is -1.09. The molecular weight excluding hydrogens is 376 g/mol. The molecule has 0 heterocycles. The zero-order valence-electron chi connectivity index (χ0n) is 18.8. The van der Waals surface area contributed by atoms with Crippen LogP contribution in [0.15, 0.2) is 36.4 Å². The Kier molecular flexibility index (Phi) is 8.64. The van der Waals surface area contributed by atoms with Gasteiger partial charge in [-0.3, -0.25) is 4.79 Å². The molecule has 0 amide bonds. The van der Waals surface area contributed by atoms with Gasteiger partial charge in [0.15, 0.2) is 5.78 Å². The molecule has 4 heteroatoms. The van der Waals surface area contributed by atoms with Gasteiger partial charge in [0.05, 0.1) is 0 Å². The number of aryl methyl sites for hydroxylation is 2. The molecule has 0 spiro atoms. The average Bonchev–Trinajstić information content (AvgIpc) is 2.72. The van der Waals surface area contributed by atoms with Crippen LogP contribution >= 0.6 is 0 Å². The summed E-state index contributed by atoms with van der Waals surface area (Å²) in [7, 11) is 0. The van der Waals surface area contributed by atoms with Crippen LogP contribution in [-0.4, -0.2) is 16.9 Å². The highest BCUT2D eigenvalue weighted by Gasteiger charge is 2.25. The third kappa shape index (κ3) is 5.71. The minimum absolute atomic E-state index is 0.0929. The molecule has 0 radical (unpaired) electrons. The molecule has 0 aromatic heterocycles. The number of carboxylic acid groups (broad SMARTS) is 1. The van der Waals surface area contributed by atoms with Crippen molar-refractivity contribution in [1.29, 1.82) is 0 Å². The van der Waals surface area contributed by atoms with E-state index in [1.54, 1.807) is 0 Å². The van der Waals surface area contributed by atoms with Gasteiger partial charge < -0.3 is 9.84 Å². The molecule has 162 valence electrons. The molecule has 2 rings (SSSR count). The zero-order chi connectivity index (χ0) is 22.3. The number of carboxylic acids is 1. The summed E-state index contributed by atoms with van der Waals surface area (Å²) in [6.07, 6.45) is 2.58. The average molecular weight is 411 g/mol. The second-order valence-electron chi connectivity index (χ2n) is 8.06. The van der Waals surface area contributed by atoms with Gasteiger partial charge in [-0.2, -0.15) is 0 Å². The van der Waals surface area contributed by atoms with Crippen molar-refractivity contribution in [2.75, 3.05) is 0 Å². The highest BCUT2D eigenvalue weighted by atomic mass is 16.5. The number of hydrogen-bond acceptors (Lipinski definition) is 3. The van der Waals surface area contributed by atoms with Crippen molar-refractivity contribution in [3.63, 3.8) is 0 Å². The number of Topliss-reactive ketones (excluding diaryl/α,β-unsaturated/α-hetero) is 1. The van der Waals surface area contributed by atoms with Crippen LogP contribution in [0.1, 0.15) is 98.5 Å². The molecule has 0 saturated heterocycles. The Morgan fingerprint density at radius 2 is 1.40 bits per heavy atom. The molecule has 1 N–H and O–H groups in total. The molecule has 0 aliphatic carbocycles. The van der Waals surface area contributed by atoms with Crippen LogP contribution in [0.2, 0.25) is 0 Å². The van der Waals surface area contributed by atoms with Crippen molar-refractivity contribution in [3.05, 3.63) is 64.2 Å². The predicted octanol–water partition coefficient (Wildman–Crippen LogP) is 6.51. The van der Waals surface area contributed by atoms with Crippen LogP contribution in [0.5, 0.6) is 5.75 Å². The van der Waals surface area contributed by atoms with E-state index in [0.29, 0.717) is 29.2 Å². The minimum Gasteiger partial charge on any atom is -0.478 e. The molecule has 2 aromatic rings. The van der Waals surface area contributed by atoms with Gasteiger partial charge in [0.1, 0.15) is 5.75 Å². The quantitative estimate of drug-likeness (QED) is 0.429. The smallest absolute Gasteiger partial charge is 0.349 e. The first kappa shape index (κ1) is 23.7. The first-order valence-electron chi connectivity index (χ1n) is 11.0. The zero-order valence-corrected chi connectivity index (χ0v) is 18.8. The van der Waals surface area contributed by atoms with E-state index >= 15 is 0 Å². The van der Waals surface area contributed by atoms with Gasteiger partial charge in [-0.05, 0) is 47.6 Å². The second-order valence-corrected chi connectivity index (χ2v) is 8.06. The summed E-state index contributed by atoms with van der Waals surface area (Å²) in [5.74, 6) is 0.0621. The molecule has 1 atom stereocenters. The Bertz CT molecular complexity index is 838. The van der Waals surface area contributed by atoms with Crippen LogP contribution < -0.4 is 4.74 Å². The normalized spacial score (nSPS) is 12.1. The molecule has 2 aromatic carbocycles. The largest absolute Gasteiger partial charge is 0.478 e. The third-order valence-electron chi connectivity index (χ3n) is 5.29. The maximum absolute atomic E-state index is 12.3. The maximum atomic E-state index is 12.3. The van der Waals surface area contributed by atoms with Gasteiger partial charge in [0.25, 0.3) is 0 Å². The van der Waals surface area contributed by atoms with Crippen LogP contribution in [0.25, 0.3) is 0 Å². The SMILES string of the molecule is CCCc1cc(C(=O)CC)cc(CCC)c1O[C@@H](C(=O)O)c1ccc(C(C)C)cc1. The van der Waals surface area contributed by atoms with E-state index in [1.165, 1.54) is 0 Å². The summed E-state index contributed by atoms with van der Waals surface area (Å²) in [6, 6.07) is 11.4. The van der Waals surface area contributed by atoms with E-state index in [4.69, 9.17) is 4.74 Å². The van der Waals surface area contributed by atoms with Crippen LogP contribution in [0.3, 0.4) is 0 Å². The molecule has 0 aliphatic heterocycles. The van der Waals surface area contributed by atoms with Crippen molar-refractivity contribution in [2.45, 2.75) is 78.7 Å². The molecule has 30 heavy (non-hydrogen) atoms. The number of ether oxygens (including phenoxy) is 1. The number of carbonyl (C=O) groups is 2. The van der Waals surface area contributed by atoms with Crippen LogP contribution in [0, 0.1) is 0 Å². The highest BCUT2D eigenvalue weighted by molar-refractivity contribution is 5.96. The topological polar surface area (TPSA) is 63.6 Å². The van der Waals surface area contributed by atoms with E-state index in [2.05, 4.69) is 27.7 Å². The van der Waals surface area contributed by atoms with Gasteiger partial charge in [0.2, 0.25) is 6.10 Å².